The fourth-order valence-electron chi connectivity index (χ4n) is 2.47. The van der Waals surface area contributed by atoms with Crippen molar-refractivity contribution in [1.82, 2.24) is 5.43 Å². The molecule has 2 rings (SSSR count). The Balaban J connectivity index is 2.18. The summed E-state index contributed by atoms with van der Waals surface area (Å²) in [6.07, 6.45) is 1.83. The van der Waals surface area contributed by atoms with Gasteiger partial charge in [0.2, 0.25) is 0 Å². The second-order valence-electron chi connectivity index (χ2n) is 4.79. The largest absolute Gasteiger partial charge is 0.493 e. The van der Waals surface area contributed by atoms with Gasteiger partial charge in [0.05, 0.1) is 18.8 Å². The third kappa shape index (κ3) is 3.48. The van der Waals surface area contributed by atoms with Crippen molar-refractivity contribution >= 4 is 15.9 Å². The van der Waals surface area contributed by atoms with Gasteiger partial charge in [-0.05, 0) is 43.5 Å². The second kappa shape index (κ2) is 6.70. The molecular formula is C14H21BrN2O2. The highest BCUT2D eigenvalue weighted by molar-refractivity contribution is 9.10. The molecule has 2 atom stereocenters. The first-order valence-corrected chi connectivity index (χ1v) is 7.46. The van der Waals surface area contributed by atoms with Gasteiger partial charge < -0.3 is 9.47 Å². The smallest absolute Gasteiger partial charge is 0.125 e. The van der Waals surface area contributed by atoms with Crippen molar-refractivity contribution in [3.63, 3.8) is 0 Å². The molecule has 106 valence electrons. The highest BCUT2D eigenvalue weighted by Gasteiger charge is 2.22. The maximum absolute atomic E-state index is 5.74. The molecule has 1 aliphatic heterocycles. The number of benzene rings is 1. The summed E-state index contributed by atoms with van der Waals surface area (Å²) in [6.45, 7) is 5.48. The third-order valence-electron chi connectivity index (χ3n) is 3.48. The molecule has 0 saturated heterocycles. The number of hydrogen-bond acceptors (Lipinski definition) is 4. The maximum atomic E-state index is 5.74. The van der Waals surface area contributed by atoms with Crippen molar-refractivity contribution < 1.29 is 9.47 Å². The molecule has 1 aromatic rings. The molecule has 0 spiro atoms. The van der Waals surface area contributed by atoms with Gasteiger partial charge in [-0.2, -0.15) is 0 Å². The summed E-state index contributed by atoms with van der Waals surface area (Å²) < 4.78 is 12.5. The first-order chi connectivity index (χ1) is 9.15. The topological polar surface area (TPSA) is 56.5 Å². The first kappa shape index (κ1) is 14.8. The summed E-state index contributed by atoms with van der Waals surface area (Å²) in [5.74, 6) is 6.67. The molecule has 0 bridgehead atoms. The molecule has 0 fully saturated rings. The number of hydrazine groups is 1. The molecule has 0 radical (unpaired) electrons. The molecular weight excluding hydrogens is 308 g/mol. The lowest BCUT2D eigenvalue weighted by molar-refractivity contribution is 0.0475. The van der Waals surface area contributed by atoms with Crippen LogP contribution in [0, 0.1) is 0 Å². The highest BCUT2D eigenvalue weighted by Crippen LogP contribution is 2.33. The zero-order valence-corrected chi connectivity index (χ0v) is 13.0. The molecule has 0 aliphatic carbocycles. The van der Waals surface area contributed by atoms with Crippen LogP contribution in [0.4, 0.5) is 0 Å². The molecule has 1 heterocycles. The predicted octanol–water partition coefficient (Wildman–Crippen LogP) is 2.18. The Bertz CT molecular complexity index is 440. The Kier molecular flexibility index (Phi) is 5.21. The monoisotopic (exact) mass is 328 g/mol. The molecule has 1 aliphatic rings. The molecule has 0 amide bonds. The number of rotatable bonds is 6. The summed E-state index contributed by atoms with van der Waals surface area (Å²) in [5, 5.41) is 0. The van der Waals surface area contributed by atoms with Gasteiger partial charge >= 0.3 is 0 Å². The van der Waals surface area contributed by atoms with Crippen LogP contribution in [0.1, 0.15) is 25.0 Å². The number of ether oxygens (including phenoxy) is 2. The van der Waals surface area contributed by atoms with Crippen LogP contribution in [0.15, 0.2) is 16.6 Å². The van der Waals surface area contributed by atoms with Crippen LogP contribution in [0.25, 0.3) is 0 Å². The lowest BCUT2D eigenvalue weighted by Gasteiger charge is -2.24. The van der Waals surface area contributed by atoms with Crippen molar-refractivity contribution in [3.8, 4) is 5.75 Å². The van der Waals surface area contributed by atoms with E-state index in [0.717, 1.165) is 29.7 Å². The van der Waals surface area contributed by atoms with Crippen LogP contribution in [0.2, 0.25) is 0 Å². The van der Waals surface area contributed by atoms with E-state index < -0.39 is 0 Å². The van der Waals surface area contributed by atoms with Crippen molar-refractivity contribution in [3.05, 3.63) is 27.7 Å². The van der Waals surface area contributed by atoms with E-state index in [2.05, 4.69) is 33.5 Å². The molecule has 19 heavy (non-hydrogen) atoms. The van der Waals surface area contributed by atoms with Gasteiger partial charge in [0.1, 0.15) is 5.75 Å². The maximum Gasteiger partial charge on any atom is 0.125 e. The predicted molar refractivity (Wildman–Crippen MR) is 79.2 cm³/mol. The fourth-order valence-corrected chi connectivity index (χ4v) is 3.03. The molecule has 5 heteroatoms. The number of nitrogens with two attached hydrogens (primary N) is 1. The SMILES string of the molecule is CCOC(C)C(Cc1cc(Br)cc2c1OCC2)NN. The van der Waals surface area contributed by atoms with E-state index in [-0.39, 0.29) is 12.1 Å². The van der Waals surface area contributed by atoms with E-state index in [0.29, 0.717) is 6.61 Å². The summed E-state index contributed by atoms with van der Waals surface area (Å²) in [5.41, 5.74) is 5.29. The molecule has 1 aromatic carbocycles. The van der Waals surface area contributed by atoms with Gasteiger partial charge in [-0.3, -0.25) is 11.3 Å². The summed E-state index contributed by atoms with van der Waals surface area (Å²) in [6, 6.07) is 4.30. The lowest BCUT2D eigenvalue weighted by atomic mass is 9.99. The van der Waals surface area contributed by atoms with Crippen molar-refractivity contribution in [2.45, 2.75) is 38.8 Å². The molecule has 2 unspecified atom stereocenters. The van der Waals surface area contributed by atoms with Crippen LogP contribution < -0.4 is 16.0 Å². The standard InChI is InChI=1S/C14H21BrN2O2/c1-3-18-9(2)13(17-16)8-11-7-12(15)6-10-4-5-19-14(10)11/h6-7,9,13,17H,3-5,8,16H2,1-2H3. The van der Waals surface area contributed by atoms with Gasteiger partial charge in [-0.25, -0.2) is 0 Å². The van der Waals surface area contributed by atoms with Crippen molar-refractivity contribution in [1.29, 1.82) is 0 Å². The minimum absolute atomic E-state index is 0.0611. The summed E-state index contributed by atoms with van der Waals surface area (Å²) in [4.78, 5) is 0. The Morgan fingerprint density at radius 1 is 1.53 bits per heavy atom. The minimum Gasteiger partial charge on any atom is -0.493 e. The Morgan fingerprint density at radius 3 is 3.00 bits per heavy atom. The van der Waals surface area contributed by atoms with E-state index in [4.69, 9.17) is 15.3 Å². The van der Waals surface area contributed by atoms with Gasteiger partial charge in [0, 0.05) is 17.5 Å². The first-order valence-electron chi connectivity index (χ1n) is 6.67. The van der Waals surface area contributed by atoms with E-state index in [1.54, 1.807) is 0 Å². The average molecular weight is 329 g/mol. The lowest BCUT2D eigenvalue weighted by Crippen LogP contribution is -2.45. The molecule has 3 N–H and O–H groups in total. The number of nitrogens with one attached hydrogen (secondary N) is 1. The summed E-state index contributed by atoms with van der Waals surface area (Å²) in [7, 11) is 0. The van der Waals surface area contributed by atoms with Gasteiger partial charge in [0.25, 0.3) is 0 Å². The molecule has 0 aromatic heterocycles. The van der Waals surface area contributed by atoms with Crippen LogP contribution in [-0.2, 0) is 17.6 Å². The Hall–Kier alpha value is -0.620. The number of fused-ring (bicyclic) bond motifs is 1. The van der Waals surface area contributed by atoms with E-state index in [1.165, 1.54) is 11.1 Å². The quantitative estimate of drug-likeness (QED) is 0.620. The second-order valence-corrected chi connectivity index (χ2v) is 5.71. The zero-order chi connectivity index (χ0) is 13.8. The van der Waals surface area contributed by atoms with Gasteiger partial charge in [-0.15, -0.1) is 0 Å². The van der Waals surface area contributed by atoms with E-state index >= 15 is 0 Å². The minimum atomic E-state index is 0.0611. The van der Waals surface area contributed by atoms with Crippen molar-refractivity contribution in [2.75, 3.05) is 13.2 Å². The van der Waals surface area contributed by atoms with E-state index in [1.807, 2.05) is 13.8 Å². The highest BCUT2D eigenvalue weighted by atomic mass is 79.9. The zero-order valence-electron chi connectivity index (χ0n) is 11.4. The molecule has 0 saturated carbocycles. The van der Waals surface area contributed by atoms with Gasteiger partial charge in [0.15, 0.2) is 0 Å². The summed E-state index contributed by atoms with van der Waals surface area (Å²) >= 11 is 3.56. The normalized spacial score (nSPS) is 16.8. The Labute approximate surface area is 122 Å². The molecule has 4 nitrogen and oxygen atoms in total. The van der Waals surface area contributed by atoms with Crippen LogP contribution in [-0.4, -0.2) is 25.4 Å². The third-order valence-corrected chi connectivity index (χ3v) is 3.93. The van der Waals surface area contributed by atoms with E-state index in [9.17, 15) is 0 Å². The number of halogens is 1. The Morgan fingerprint density at radius 2 is 2.32 bits per heavy atom. The average Bonchev–Trinajstić information content (AvgIpc) is 2.83. The van der Waals surface area contributed by atoms with Gasteiger partial charge in [-0.1, -0.05) is 15.9 Å². The number of hydrogen-bond donors (Lipinski definition) is 2. The van der Waals surface area contributed by atoms with Crippen LogP contribution in [0.3, 0.4) is 0 Å². The fraction of sp³-hybridized carbons (Fsp3) is 0.571. The van der Waals surface area contributed by atoms with Crippen LogP contribution in [0.5, 0.6) is 5.75 Å². The van der Waals surface area contributed by atoms with Crippen LogP contribution >= 0.6 is 15.9 Å². The van der Waals surface area contributed by atoms with Crippen molar-refractivity contribution in [2.24, 2.45) is 5.84 Å².